The summed E-state index contributed by atoms with van der Waals surface area (Å²) in [5.74, 6) is -2.81. The van der Waals surface area contributed by atoms with E-state index < -0.39 is 17.5 Å². The van der Waals surface area contributed by atoms with Crippen molar-refractivity contribution >= 4 is 15.9 Å². The summed E-state index contributed by atoms with van der Waals surface area (Å²) in [6.45, 7) is 1.62. The average molecular weight is 303 g/mol. The van der Waals surface area contributed by atoms with Gasteiger partial charge in [-0.3, -0.25) is 0 Å². The van der Waals surface area contributed by atoms with E-state index in [4.69, 9.17) is 0 Å². The van der Waals surface area contributed by atoms with Gasteiger partial charge in [0.15, 0.2) is 11.6 Å². The van der Waals surface area contributed by atoms with Gasteiger partial charge < -0.3 is 0 Å². The first-order chi connectivity index (χ1) is 7.97. The normalized spacial score (nSPS) is 10.6. The molecule has 1 aromatic heterocycles. The van der Waals surface area contributed by atoms with Crippen molar-refractivity contribution in [1.29, 1.82) is 0 Å². The Morgan fingerprint density at radius 1 is 0.941 bits per heavy atom. The van der Waals surface area contributed by atoms with Crippen LogP contribution in [0.3, 0.4) is 0 Å². The molecule has 2 aromatic rings. The van der Waals surface area contributed by atoms with Crippen molar-refractivity contribution in [3.05, 3.63) is 46.1 Å². The monoisotopic (exact) mass is 302 g/mol. The number of hydrogen-bond acceptors (Lipinski definition) is 2. The number of nitrogens with zero attached hydrogens (tertiary/aromatic N) is 2. The smallest absolute Gasteiger partial charge is 0.161 e. The first-order valence-electron chi connectivity index (χ1n) is 4.63. The maximum absolute atomic E-state index is 13.5. The molecule has 17 heavy (non-hydrogen) atoms. The van der Waals surface area contributed by atoms with Crippen molar-refractivity contribution in [2.45, 2.75) is 6.92 Å². The number of hydrogen-bond donors (Lipinski definition) is 0. The number of benzene rings is 1. The predicted molar refractivity (Wildman–Crippen MR) is 59.8 cm³/mol. The third kappa shape index (κ3) is 2.46. The van der Waals surface area contributed by atoms with Crippen molar-refractivity contribution in [2.24, 2.45) is 0 Å². The van der Waals surface area contributed by atoms with Crippen molar-refractivity contribution in [3.63, 3.8) is 0 Å². The molecule has 0 aliphatic rings. The lowest BCUT2D eigenvalue weighted by Gasteiger charge is -2.05. The number of halogens is 4. The Hall–Kier alpha value is -1.43. The van der Waals surface area contributed by atoms with Gasteiger partial charge in [-0.1, -0.05) is 0 Å². The summed E-state index contributed by atoms with van der Waals surface area (Å²) in [4.78, 5) is 7.91. The molecule has 0 amide bonds. The zero-order valence-corrected chi connectivity index (χ0v) is 10.2. The van der Waals surface area contributed by atoms with E-state index in [0.29, 0.717) is 16.5 Å². The van der Waals surface area contributed by atoms with Crippen molar-refractivity contribution < 1.29 is 13.2 Å². The Morgan fingerprint density at radius 3 is 2.24 bits per heavy atom. The minimum absolute atomic E-state index is 0.102. The van der Waals surface area contributed by atoms with E-state index in [1.165, 1.54) is 6.07 Å². The standard InChI is InChI=1S/C11H6BrF3N2/c1-5-16-10(4-11(12)17-5)6-2-8(14)9(15)3-7(6)13/h2-4H,1H3. The molecular formula is C11H6BrF3N2. The number of rotatable bonds is 1. The van der Waals surface area contributed by atoms with Crippen molar-refractivity contribution in [1.82, 2.24) is 9.97 Å². The minimum atomic E-state index is -1.23. The van der Waals surface area contributed by atoms with Crippen LogP contribution in [0.25, 0.3) is 11.3 Å². The van der Waals surface area contributed by atoms with Crippen LogP contribution < -0.4 is 0 Å². The molecule has 0 atom stereocenters. The molecule has 0 N–H and O–H groups in total. The third-order valence-electron chi connectivity index (χ3n) is 2.09. The van der Waals surface area contributed by atoms with Crippen LogP contribution in [0.15, 0.2) is 22.8 Å². The van der Waals surface area contributed by atoms with Crippen LogP contribution >= 0.6 is 15.9 Å². The average Bonchev–Trinajstić information content (AvgIpc) is 2.22. The molecule has 0 saturated carbocycles. The minimum Gasteiger partial charge on any atom is -0.233 e. The highest BCUT2D eigenvalue weighted by molar-refractivity contribution is 9.10. The lowest BCUT2D eigenvalue weighted by molar-refractivity contribution is 0.496. The van der Waals surface area contributed by atoms with E-state index >= 15 is 0 Å². The fourth-order valence-electron chi connectivity index (χ4n) is 1.39. The quantitative estimate of drug-likeness (QED) is 0.594. The van der Waals surface area contributed by atoms with Gasteiger partial charge in [0, 0.05) is 11.6 Å². The summed E-state index contributed by atoms with van der Waals surface area (Å²) in [5, 5.41) is 0. The zero-order chi connectivity index (χ0) is 12.6. The van der Waals surface area contributed by atoms with E-state index in [0.717, 1.165) is 6.07 Å². The fourth-order valence-corrected chi connectivity index (χ4v) is 1.86. The molecule has 0 aliphatic carbocycles. The highest BCUT2D eigenvalue weighted by Crippen LogP contribution is 2.25. The van der Waals surface area contributed by atoms with Gasteiger partial charge in [-0.2, -0.15) is 0 Å². The third-order valence-corrected chi connectivity index (χ3v) is 2.50. The summed E-state index contributed by atoms with van der Waals surface area (Å²) in [5.41, 5.74) is 0.0934. The maximum Gasteiger partial charge on any atom is 0.161 e. The molecule has 6 heteroatoms. The molecule has 1 heterocycles. The first kappa shape index (κ1) is 12.0. The van der Waals surface area contributed by atoms with Gasteiger partial charge in [-0.15, -0.1) is 0 Å². The Bertz CT molecular complexity index is 567. The van der Waals surface area contributed by atoms with Crippen LogP contribution in [0.1, 0.15) is 5.82 Å². The van der Waals surface area contributed by atoms with E-state index in [-0.39, 0.29) is 11.3 Å². The van der Waals surface area contributed by atoms with Crippen molar-refractivity contribution in [2.75, 3.05) is 0 Å². The Kier molecular flexibility index (Phi) is 3.15. The highest BCUT2D eigenvalue weighted by atomic mass is 79.9. The van der Waals surface area contributed by atoms with E-state index in [1.54, 1.807) is 6.92 Å². The molecular weight excluding hydrogens is 297 g/mol. The Labute approximate surface area is 104 Å². The lowest BCUT2D eigenvalue weighted by atomic mass is 10.1. The van der Waals surface area contributed by atoms with Crippen LogP contribution in [0.5, 0.6) is 0 Å². The molecule has 88 valence electrons. The number of aryl methyl sites for hydroxylation is 1. The molecule has 2 rings (SSSR count). The number of aromatic nitrogens is 2. The Balaban J connectivity index is 2.64. The summed E-state index contributed by atoms with van der Waals surface area (Å²) in [6.07, 6.45) is 0. The molecule has 0 radical (unpaired) electrons. The maximum atomic E-state index is 13.5. The second-order valence-corrected chi connectivity index (χ2v) is 4.18. The van der Waals surface area contributed by atoms with Gasteiger partial charge in [-0.25, -0.2) is 23.1 Å². The largest absolute Gasteiger partial charge is 0.233 e. The summed E-state index contributed by atoms with van der Waals surface area (Å²) in [6, 6.07) is 2.71. The van der Waals surface area contributed by atoms with Gasteiger partial charge in [0.2, 0.25) is 0 Å². The highest BCUT2D eigenvalue weighted by Gasteiger charge is 2.13. The van der Waals surface area contributed by atoms with Crippen LogP contribution in [0, 0.1) is 24.4 Å². The van der Waals surface area contributed by atoms with Crippen molar-refractivity contribution in [3.8, 4) is 11.3 Å². The molecule has 0 spiro atoms. The van der Waals surface area contributed by atoms with Gasteiger partial charge in [0.05, 0.1) is 5.69 Å². The molecule has 1 aromatic carbocycles. The van der Waals surface area contributed by atoms with E-state index in [2.05, 4.69) is 25.9 Å². The first-order valence-corrected chi connectivity index (χ1v) is 5.43. The summed E-state index contributed by atoms with van der Waals surface area (Å²) >= 11 is 3.13. The zero-order valence-electron chi connectivity index (χ0n) is 8.64. The topological polar surface area (TPSA) is 25.8 Å². The van der Waals surface area contributed by atoms with Gasteiger partial charge in [0.25, 0.3) is 0 Å². The van der Waals surface area contributed by atoms with Crippen LogP contribution in [0.2, 0.25) is 0 Å². The SMILES string of the molecule is Cc1nc(Br)cc(-c2cc(F)c(F)cc2F)n1. The molecule has 2 nitrogen and oxygen atoms in total. The van der Waals surface area contributed by atoms with Crippen LogP contribution in [0.4, 0.5) is 13.2 Å². The molecule has 0 aliphatic heterocycles. The predicted octanol–water partition coefficient (Wildman–Crippen LogP) is 3.63. The van der Waals surface area contributed by atoms with Gasteiger partial charge >= 0.3 is 0 Å². The lowest BCUT2D eigenvalue weighted by Crippen LogP contribution is -1.96. The van der Waals surface area contributed by atoms with Gasteiger partial charge in [-0.05, 0) is 35.0 Å². The van der Waals surface area contributed by atoms with E-state index in [1.807, 2.05) is 0 Å². The second-order valence-electron chi connectivity index (χ2n) is 3.37. The molecule has 0 unspecified atom stereocenters. The van der Waals surface area contributed by atoms with E-state index in [9.17, 15) is 13.2 Å². The fraction of sp³-hybridized carbons (Fsp3) is 0.0909. The summed E-state index contributed by atoms with van der Waals surface area (Å²) in [7, 11) is 0. The molecule has 0 bridgehead atoms. The molecule has 0 fully saturated rings. The summed E-state index contributed by atoms with van der Waals surface area (Å²) < 4.78 is 39.8. The second kappa shape index (κ2) is 4.44. The van der Waals surface area contributed by atoms with Gasteiger partial charge in [0.1, 0.15) is 16.2 Å². The molecule has 0 saturated heterocycles. The van der Waals surface area contributed by atoms with Crippen LogP contribution in [-0.2, 0) is 0 Å². The Morgan fingerprint density at radius 2 is 1.59 bits per heavy atom. The van der Waals surface area contributed by atoms with Crippen LogP contribution in [-0.4, -0.2) is 9.97 Å².